The smallest absolute Gasteiger partial charge is 0.203 e. The molecule has 0 amide bonds. The van der Waals surface area contributed by atoms with Crippen LogP contribution in [0, 0.1) is 15.5 Å². The third-order valence-corrected chi connectivity index (χ3v) is 3.62. The lowest BCUT2D eigenvalue weighted by molar-refractivity contribution is 0.588. The summed E-state index contributed by atoms with van der Waals surface area (Å²) in [5.41, 5.74) is -0.126. The molecule has 0 saturated heterocycles. The van der Waals surface area contributed by atoms with Gasteiger partial charge in [0.15, 0.2) is 5.01 Å². The zero-order valence-corrected chi connectivity index (χ0v) is 11.5. The maximum atomic E-state index is 13.5. The van der Waals surface area contributed by atoms with Gasteiger partial charge in [0.2, 0.25) is 3.83 Å². The van der Waals surface area contributed by atoms with E-state index in [1.165, 1.54) is 12.1 Å². The Morgan fingerprint density at radius 1 is 1.27 bits per heavy atom. The monoisotopic (exact) mass is 402 g/mol. The molecule has 1 aromatic heterocycles. The molecule has 0 aliphatic carbocycles. The van der Waals surface area contributed by atoms with Crippen LogP contribution in [0.2, 0.25) is 0 Å². The van der Waals surface area contributed by atoms with Crippen molar-refractivity contribution in [2.45, 2.75) is 0 Å². The number of hydrogen-bond donors (Lipinski definition) is 0. The van der Waals surface area contributed by atoms with Crippen molar-refractivity contribution in [3.05, 3.63) is 32.1 Å². The minimum absolute atomic E-state index is 0.126. The first-order valence-electron chi connectivity index (χ1n) is 3.72. The Kier molecular flexibility index (Phi) is 3.31. The van der Waals surface area contributed by atoms with Crippen LogP contribution in [-0.2, 0) is 0 Å². The summed E-state index contributed by atoms with van der Waals surface area (Å²) in [6, 6.07) is 2.40. The molecule has 0 unspecified atom stereocenters. The molecule has 7 heteroatoms. The van der Waals surface area contributed by atoms with Gasteiger partial charge in [-0.1, -0.05) is 15.9 Å². The number of aromatic nitrogens is 2. The molecule has 0 fully saturated rings. The van der Waals surface area contributed by atoms with Crippen LogP contribution in [0.25, 0.3) is 10.6 Å². The predicted molar refractivity (Wildman–Crippen MR) is 65.7 cm³/mol. The highest BCUT2D eigenvalue weighted by molar-refractivity contribution is 14.1. The summed E-state index contributed by atoms with van der Waals surface area (Å²) in [7, 11) is 0. The molecular weight excluding hydrogens is 401 g/mol. The minimum Gasteiger partial charge on any atom is -0.209 e. The second kappa shape index (κ2) is 4.38. The van der Waals surface area contributed by atoms with Crippen LogP contribution in [0.4, 0.5) is 8.78 Å². The first kappa shape index (κ1) is 11.3. The fourth-order valence-electron chi connectivity index (χ4n) is 1.05. The average Bonchev–Trinajstić information content (AvgIpc) is 2.49. The molecule has 0 N–H and O–H groups in total. The molecule has 0 atom stereocenters. The van der Waals surface area contributed by atoms with Gasteiger partial charge >= 0.3 is 0 Å². The van der Waals surface area contributed by atoms with Crippen LogP contribution < -0.4 is 0 Å². The van der Waals surface area contributed by atoms with Gasteiger partial charge in [-0.25, -0.2) is 13.8 Å². The van der Waals surface area contributed by atoms with Crippen molar-refractivity contribution in [1.29, 1.82) is 0 Å². The molecule has 2 nitrogen and oxygen atoms in total. The van der Waals surface area contributed by atoms with Crippen molar-refractivity contribution in [1.82, 2.24) is 9.36 Å². The third kappa shape index (κ3) is 2.34. The predicted octanol–water partition coefficient (Wildman–Crippen LogP) is 3.85. The van der Waals surface area contributed by atoms with E-state index in [9.17, 15) is 8.78 Å². The Balaban J connectivity index is 2.62. The van der Waals surface area contributed by atoms with Crippen molar-refractivity contribution in [3.8, 4) is 10.6 Å². The van der Waals surface area contributed by atoms with Gasteiger partial charge in [-0.2, -0.15) is 4.37 Å². The summed E-state index contributed by atoms with van der Waals surface area (Å²) in [6.45, 7) is 0. The van der Waals surface area contributed by atoms with Crippen molar-refractivity contribution >= 4 is 50.1 Å². The maximum Gasteiger partial charge on any atom is 0.203 e. The van der Waals surface area contributed by atoms with Crippen LogP contribution in [0.5, 0.6) is 0 Å². The van der Waals surface area contributed by atoms with Crippen molar-refractivity contribution in [3.63, 3.8) is 0 Å². The minimum atomic E-state index is -0.644. The SMILES string of the molecule is Fc1cc(Br)cc(F)c1-c1nc(I)ns1. The molecule has 0 spiro atoms. The van der Waals surface area contributed by atoms with E-state index < -0.39 is 11.6 Å². The van der Waals surface area contributed by atoms with Crippen LogP contribution in [0.1, 0.15) is 0 Å². The Labute approximate surface area is 110 Å². The Bertz CT molecular complexity index is 494. The molecule has 15 heavy (non-hydrogen) atoms. The second-order valence-electron chi connectivity index (χ2n) is 2.61. The molecule has 78 valence electrons. The van der Waals surface area contributed by atoms with E-state index in [2.05, 4.69) is 25.3 Å². The van der Waals surface area contributed by atoms with Gasteiger partial charge in [0.1, 0.15) is 11.6 Å². The zero-order valence-electron chi connectivity index (χ0n) is 6.97. The van der Waals surface area contributed by atoms with E-state index >= 15 is 0 Å². The molecule has 0 saturated carbocycles. The Hall–Kier alpha value is -0.150. The van der Waals surface area contributed by atoms with Gasteiger partial charge in [-0.15, -0.1) is 0 Å². The van der Waals surface area contributed by atoms with Crippen LogP contribution in [0.15, 0.2) is 16.6 Å². The van der Waals surface area contributed by atoms with Gasteiger partial charge in [0, 0.05) is 27.1 Å². The number of rotatable bonds is 1. The largest absolute Gasteiger partial charge is 0.209 e. The number of halogens is 4. The average molecular weight is 403 g/mol. The Morgan fingerprint density at radius 2 is 1.87 bits per heavy atom. The molecule has 0 bridgehead atoms. The fraction of sp³-hybridized carbons (Fsp3) is 0. The highest BCUT2D eigenvalue weighted by Gasteiger charge is 2.16. The van der Waals surface area contributed by atoms with Crippen molar-refractivity contribution in [2.75, 3.05) is 0 Å². The summed E-state index contributed by atoms with van der Waals surface area (Å²) < 4.78 is 31.7. The quantitative estimate of drug-likeness (QED) is 0.677. The summed E-state index contributed by atoms with van der Waals surface area (Å²) in [6.07, 6.45) is 0. The maximum absolute atomic E-state index is 13.5. The summed E-state index contributed by atoms with van der Waals surface area (Å²) >= 11 is 5.88. The zero-order chi connectivity index (χ0) is 11.0. The van der Waals surface area contributed by atoms with E-state index in [-0.39, 0.29) is 10.6 Å². The molecule has 1 aromatic carbocycles. The summed E-state index contributed by atoms with van der Waals surface area (Å²) in [5, 5.41) is 0.252. The molecule has 0 aliphatic rings. The van der Waals surface area contributed by atoms with Crippen LogP contribution in [0.3, 0.4) is 0 Å². The van der Waals surface area contributed by atoms with E-state index in [1.54, 1.807) is 0 Å². The molecular formula is C8H2BrF2IN2S. The van der Waals surface area contributed by atoms with E-state index in [0.29, 0.717) is 8.30 Å². The molecule has 0 aliphatic heterocycles. The highest BCUT2D eigenvalue weighted by Crippen LogP contribution is 2.30. The Morgan fingerprint density at radius 3 is 2.33 bits per heavy atom. The number of benzene rings is 1. The van der Waals surface area contributed by atoms with Gasteiger partial charge in [0.25, 0.3) is 0 Å². The molecule has 1 heterocycles. The van der Waals surface area contributed by atoms with E-state index in [0.717, 1.165) is 11.5 Å². The third-order valence-electron chi connectivity index (χ3n) is 1.62. The van der Waals surface area contributed by atoms with Gasteiger partial charge in [-0.05, 0) is 23.7 Å². The lowest BCUT2D eigenvalue weighted by Gasteiger charge is -2.01. The molecule has 2 aromatic rings. The molecule has 2 rings (SSSR count). The van der Waals surface area contributed by atoms with Crippen LogP contribution >= 0.6 is 50.1 Å². The van der Waals surface area contributed by atoms with E-state index in [4.69, 9.17) is 0 Å². The first-order valence-corrected chi connectivity index (χ1v) is 6.36. The second-order valence-corrected chi connectivity index (χ2v) is 5.25. The normalized spacial score (nSPS) is 10.7. The first-order chi connectivity index (χ1) is 7.08. The van der Waals surface area contributed by atoms with E-state index in [1.807, 2.05) is 22.6 Å². The van der Waals surface area contributed by atoms with Crippen molar-refractivity contribution in [2.24, 2.45) is 0 Å². The highest BCUT2D eigenvalue weighted by atomic mass is 127. The lowest BCUT2D eigenvalue weighted by Crippen LogP contribution is -1.90. The number of nitrogens with zero attached hydrogens (tertiary/aromatic N) is 2. The van der Waals surface area contributed by atoms with Crippen molar-refractivity contribution < 1.29 is 8.78 Å². The standard InChI is InChI=1S/C8H2BrF2IN2S/c9-3-1-4(10)6(5(11)2-3)7-13-8(12)14-15-7/h1-2H. The lowest BCUT2D eigenvalue weighted by atomic mass is 10.2. The summed E-state index contributed by atoms with van der Waals surface area (Å²) in [4.78, 5) is 3.93. The van der Waals surface area contributed by atoms with Gasteiger partial charge < -0.3 is 0 Å². The van der Waals surface area contributed by atoms with Gasteiger partial charge in [0.05, 0.1) is 5.56 Å². The van der Waals surface area contributed by atoms with Gasteiger partial charge in [-0.3, -0.25) is 0 Å². The summed E-state index contributed by atoms with van der Waals surface area (Å²) in [5.74, 6) is -1.29. The fourth-order valence-corrected chi connectivity index (χ4v) is 2.77. The number of hydrogen-bond acceptors (Lipinski definition) is 3. The molecule has 0 radical (unpaired) electrons. The topological polar surface area (TPSA) is 25.8 Å². The van der Waals surface area contributed by atoms with Crippen LogP contribution in [-0.4, -0.2) is 9.36 Å².